The number of amides is 1. The van der Waals surface area contributed by atoms with Gasteiger partial charge >= 0.3 is 12.1 Å². The Morgan fingerprint density at radius 3 is 2.32 bits per heavy atom. The summed E-state index contributed by atoms with van der Waals surface area (Å²) >= 11 is 0. The molecular weight excluding hydrogens is 326 g/mol. The minimum atomic E-state index is -1.03. The van der Waals surface area contributed by atoms with Crippen molar-refractivity contribution in [3.8, 4) is 0 Å². The van der Waals surface area contributed by atoms with E-state index in [0.29, 0.717) is 6.42 Å². The third-order valence-electron chi connectivity index (χ3n) is 4.05. The highest BCUT2D eigenvalue weighted by Gasteiger charge is 2.45. The predicted octanol–water partition coefficient (Wildman–Crippen LogP) is 3.17. The smallest absolute Gasteiger partial charge is 0.410 e. The first-order chi connectivity index (χ1) is 11.3. The van der Waals surface area contributed by atoms with E-state index in [0.717, 1.165) is 0 Å². The van der Waals surface area contributed by atoms with Crippen molar-refractivity contribution in [1.82, 2.24) is 4.90 Å². The van der Waals surface area contributed by atoms with Crippen LogP contribution in [-0.4, -0.2) is 54.8 Å². The van der Waals surface area contributed by atoms with Gasteiger partial charge in [-0.3, -0.25) is 4.79 Å². The van der Waals surface area contributed by atoms with Crippen LogP contribution in [0, 0.1) is 11.8 Å². The molecule has 0 aromatic heterocycles. The monoisotopic (exact) mass is 359 g/mol. The topological polar surface area (TPSA) is 74.3 Å². The third-order valence-corrected chi connectivity index (χ3v) is 4.05. The second kappa shape index (κ2) is 7.91. The molecule has 2 unspecified atom stereocenters. The zero-order chi connectivity index (χ0) is 19.6. The van der Waals surface area contributed by atoms with Crippen molar-refractivity contribution in [3.63, 3.8) is 0 Å². The number of carbonyl (C=O) groups is 2. The van der Waals surface area contributed by atoms with Gasteiger partial charge in [-0.25, -0.2) is 4.79 Å². The molecule has 0 saturated carbocycles. The minimum Gasteiger partial charge on any atom is -0.444 e. The molecule has 1 fully saturated rings. The van der Waals surface area contributed by atoms with Crippen LogP contribution >= 0.6 is 0 Å². The van der Waals surface area contributed by atoms with Crippen molar-refractivity contribution in [2.24, 2.45) is 11.8 Å². The van der Waals surface area contributed by atoms with Crippen LogP contribution in [0.25, 0.3) is 0 Å². The van der Waals surface area contributed by atoms with Crippen LogP contribution < -0.4 is 0 Å². The highest BCUT2D eigenvalue weighted by atomic mass is 16.8. The number of nitrogens with zero attached hydrogens (tertiary/aromatic N) is 1. The molecule has 0 bridgehead atoms. The Morgan fingerprint density at radius 1 is 1.32 bits per heavy atom. The molecule has 0 aliphatic carbocycles. The maximum atomic E-state index is 12.4. The quantitative estimate of drug-likeness (QED) is 0.702. The Morgan fingerprint density at radius 2 is 1.88 bits per heavy atom. The van der Waals surface area contributed by atoms with E-state index in [1.165, 1.54) is 12.0 Å². The SMILES string of the molecule is COC1OC(C)(C)OC(=O)C1C[C@H](C(C)C)N(C)C(=O)OC(C)(C)C. The van der Waals surface area contributed by atoms with E-state index in [9.17, 15) is 9.59 Å². The fraction of sp³-hybridized carbons (Fsp3) is 0.889. The van der Waals surface area contributed by atoms with Gasteiger partial charge in [0.1, 0.15) is 11.5 Å². The zero-order valence-corrected chi connectivity index (χ0v) is 16.9. The van der Waals surface area contributed by atoms with Crippen molar-refractivity contribution < 1.29 is 28.5 Å². The average Bonchev–Trinajstić information content (AvgIpc) is 2.41. The number of hydrogen-bond acceptors (Lipinski definition) is 6. The van der Waals surface area contributed by atoms with Gasteiger partial charge in [-0.15, -0.1) is 0 Å². The second-order valence-corrected chi connectivity index (χ2v) is 8.29. The van der Waals surface area contributed by atoms with Crippen LogP contribution in [0.5, 0.6) is 0 Å². The highest BCUT2D eigenvalue weighted by molar-refractivity contribution is 5.74. The number of cyclic esters (lactones) is 1. The normalized spacial score (nSPS) is 24.6. The van der Waals surface area contributed by atoms with Gasteiger partial charge in [0.2, 0.25) is 5.79 Å². The van der Waals surface area contributed by atoms with Crippen molar-refractivity contribution in [3.05, 3.63) is 0 Å². The van der Waals surface area contributed by atoms with Gasteiger partial charge in [0.25, 0.3) is 0 Å². The fourth-order valence-electron chi connectivity index (χ4n) is 2.84. The maximum Gasteiger partial charge on any atom is 0.410 e. The Kier molecular flexibility index (Phi) is 6.87. The summed E-state index contributed by atoms with van der Waals surface area (Å²) in [6, 6.07) is -0.227. The van der Waals surface area contributed by atoms with E-state index in [2.05, 4.69) is 0 Å². The molecule has 146 valence electrons. The van der Waals surface area contributed by atoms with Crippen molar-refractivity contribution in [1.29, 1.82) is 0 Å². The van der Waals surface area contributed by atoms with Crippen LogP contribution in [0.1, 0.15) is 54.9 Å². The van der Waals surface area contributed by atoms with E-state index in [1.807, 2.05) is 34.6 Å². The van der Waals surface area contributed by atoms with Crippen molar-refractivity contribution in [2.45, 2.75) is 78.6 Å². The van der Waals surface area contributed by atoms with Gasteiger partial charge in [-0.05, 0) is 33.1 Å². The molecule has 0 aromatic carbocycles. The first kappa shape index (κ1) is 21.7. The molecule has 1 aliphatic rings. The fourth-order valence-corrected chi connectivity index (χ4v) is 2.84. The maximum absolute atomic E-state index is 12.4. The molecule has 7 nitrogen and oxygen atoms in total. The average molecular weight is 359 g/mol. The van der Waals surface area contributed by atoms with Crippen LogP contribution in [0.4, 0.5) is 4.79 Å². The molecule has 0 radical (unpaired) electrons. The first-order valence-corrected chi connectivity index (χ1v) is 8.66. The van der Waals surface area contributed by atoms with Gasteiger partial charge in [-0.2, -0.15) is 0 Å². The molecule has 1 amide bonds. The van der Waals surface area contributed by atoms with Crippen LogP contribution in [-0.2, 0) is 23.7 Å². The summed E-state index contributed by atoms with van der Waals surface area (Å²) in [5.74, 6) is -1.92. The lowest BCUT2D eigenvalue weighted by atomic mass is 9.90. The molecule has 3 atom stereocenters. The molecule has 0 spiro atoms. The number of methoxy groups -OCH3 is 1. The van der Waals surface area contributed by atoms with Gasteiger partial charge in [0.15, 0.2) is 6.29 Å². The summed E-state index contributed by atoms with van der Waals surface area (Å²) < 4.78 is 21.8. The molecule has 0 aromatic rings. The number of ether oxygens (including phenoxy) is 4. The van der Waals surface area contributed by atoms with Gasteiger partial charge in [0, 0.05) is 34.0 Å². The number of esters is 1. The van der Waals surface area contributed by atoms with E-state index in [1.54, 1.807) is 20.9 Å². The van der Waals surface area contributed by atoms with E-state index < -0.39 is 29.7 Å². The first-order valence-electron chi connectivity index (χ1n) is 8.66. The lowest BCUT2D eigenvalue weighted by molar-refractivity contribution is -0.322. The van der Waals surface area contributed by atoms with Gasteiger partial charge in [0.05, 0.1) is 0 Å². The van der Waals surface area contributed by atoms with Crippen LogP contribution in [0.2, 0.25) is 0 Å². The summed E-state index contributed by atoms with van der Waals surface area (Å²) in [5, 5.41) is 0. The standard InChI is InChI=1S/C18H33NO6/c1-11(2)13(19(8)16(21)25-17(3,4)5)10-12-14(20)23-18(6,7)24-15(12)22-9/h11-13,15H,10H2,1-9H3/t12?,13-,15?/m1/s1. The summed E-state index contributed by atoms with van der Waals surface area (Å²) in [6.45, 7) is 12.8. The minimum absolute atomic E-state index is 0.109. The largest absolute Gasteiger partial charge is 0.444 e. The summed E-state index contributed by atoms with van der Waals surface area (Å²) in [4.78, 5) is 26.4. The zero-order valence-electron chi connectivity index (χ0n) is 16.9. The van der Waals surface area contributed by atoms with Crippen LogP contribution in [0.15, 0.2) is 0 Å². The Hall–Kier alpha value is -1.34. The highest BCUT2D eigenvalue weighted by Crippen LogP contribution is 2.32. The van der Waals surface area contributed by atoms with E-state index in [-0.39, 0.29) is 17.9 Å². The summed E-state index contributed by atoms with van der Waals surface area (Å²) in [7, 11) is 3.17. The van der Waals surface area contributed by atoms with Crippen molar-refractivity contribution in [2.75, 3.05) is 14.2 Å². The molecule has 1 aliphatic heterocycles. The summed E-state index contributed by atoms with van der Waals surface area (Å²) in [5.41, 5.74) is -0.584. The predicted molar refractivity (Wildman–Crippen MR) is 92.8 cm³/mol. The molecule has 7 heteroatoms. The molecule has 1 rings (SSSR count). The summed E-state index contributed by atoms with van der Waals surface area (Å²) in [6.07, 6.45) is -0.781. The lowest BCUT2D eigenvalue weighted by Gasteiger charge is -2.41. The number of rotatable bonds is 5. The second-order valence-electron chi connectivity index (χ2n) is 8.29. The van der Waals surface area contributed by atoms with Gasteiger partial charge in [-0.1, -0.05) is 13.8 Å². The van der Waals surface area contributed by atoms with Gasteiger partial charge < -0.3 is 23.8 Å². The molecular formula is C18H33NO6. The third kappa shape index (κ3) is 6.15. The Bertz CT molecular complexity index is 482. The van der Waals surface area contributed by atoms with E-state index >= 15 is 0 Å². The van der Waals surface area contributed by atoms with Crippen LogP contribution in [0.3, 0.4) is 0 Å². The van der Waals surface area contributed by atoms with Crippen molar-refractivity contribution >= 4 is 12.1 Å². The van der Waals surface area contributed by atoms with E-state index in [4.69, 9.17) is 18.9 Å². The number of carbonyl (C=O) groups excluding carboxylic acids is 2. The Labute approximate surface area is 150 Å². The molecule has 25 heavy (non-hydrogen) atoms. The molecule has 1 saturated heterocycles. The lowest BCUT2D eigenvalue weighted by Crippen LogP contribution is -2.52. The Balaban J connectivity index is 2.93. The molecule has 0 N–H and O–H groups in total. The number of hydrogen-bond donors (Lipinski definition) is 0. The molecule has 1 heterocycles.